The van der Waals surface area contributed by atoms with Crippen LogP contribution in [0.25, 0.3) is 11.1 Å². The number of halogens is 1. The van der Waals surface area contributed by atoms with E-state index < -0.39 is 0 Å². The number of fused-ring (bicyclic) bond motifs is 3. The van der Waals surface area contributed by atoms with E-state index in [4.69, 9.17) is 0 Å². The standard InChI is InChI=1S/C20H16NO.BrH/c22-20(14-21-10-4-1-5-11-21)16-8-9-19-17(13-16)12-15-6-2-3-7-18(15)19;/h1-11,13H,12,14H2;1H/q+1;/p-1. The molecule has 114 valence electrons. The molecular weight excluding hydrogens is 350 g/mol. The second-order valence-electron chi connectivity index (χ2n) is 5.68. The zero-order chi connectivity index (χ0) is 14.9. The van der Waals surface area contributed by atoms with Gasteiger partial charge in [0.2, 0.25) is 12.3 Å². The van der Waals surface area contributed by atoms with Crippen LogP contribution in [-0.4, -0.2) is 5.78 Å². The van der Waals surface area contributed by atoms with Gasteiger partial charge in [-0.2, -0.15) is 4.57 Å². The maximum atomic E-state index is 12.5. The van der Waals surface area contributed by atoms with Crippen LogP contribution in [-0.2, 0) is 13.0 Å². The maximum absolute atomic E-state index is 12.5. The molecule has 1 aliphatic rings. The normalized spacial score (nSPS) is 11.3. The first-order valence-electron chi connectivity index (χ1n) is 7.50. The van der Waals surface area contributed by atoms with Crippen LogP contribution < -0.4 is 21.5 Å². The smallest absolute Gasteiger partial charge is 0.227 e. The van der Waals surface area contributed by atoms with E-state index in [1.807, 2.05) is 41.2 Å². The average Bonchev–Trinajstić information content (AvgIpc) is 2.93. The van der Waals surface area contributed by atoms with Crippen molar-refractivity contribution in [3.63, 3.8) is 0 Å². The molecule has 1 aromatic heterocycles. The summed E-state index contributed by atoms with van der Waals surface area (Å²) in [5, 5.41) is 0. The molecule has 0 amide bonds. The van der Waals surface area contributed by atoms with E-state index in [2.05, 4.69) is 36.4 Å². The first-order valence-corrected chi connectivity index (χ1v) is 7.50. The minimum Gasteiger partial charge on any atom is -1.00 e. The minimum absolute atomic E-state index is 0. The summed E-state index contributed by atoms with van der Waals surface area (Å²) in [4.78, 5) is 12.5. The summed E-state index contributed by atoms with van der Waals surface area (Å²) in [5.41, 5.74) is 5.96. The number of pyridine rings is 1. The van der Waals surface area contributed by atoms with Gasteiger partial charge in [0.05, 0.1) is 0 Å². The van der Waals surface area contributed by atoms with Crippen LogP contribution in [0.3, 0.4) is 0 Å². The van der Waals surface area contributed by atoms with Crippen molar-refractivity contribution in [1.82, 2.24) is 0 Å². The molecule has 0 unspecified atom stereocenters. The summed E-state index contributed by atoms with van der Waals surface area (Å²) in [6, 6.07) is 20.4. The Balaban J connectivity index is 0.00000156. The van der Waals surface area contributed by atoms with Gasteiger partial charge in [-0.15, -0.1) is 0 Å². The van der Waals surface area contributed by atoms with Gasteiger partial charge in [-0.3, -0.25) is 4.79 Å². The van der Waals surface area contributed by atoms with Crippen molar-refractivity contribution in [2.24, 2.45) is 0 Å². The van der Waals surface area contributed by atoms with Crippen LogP contribution in [0.15, 0.2) is 73.1 Å². The van der Waals surface area contributed by atoms with Crippen molar-refractivity contribution in [2.75, 3.05) is 0 Å². The number of ketones is 1. The van der Waals surface area contributed by atoms with Crippen LogP contribution >= 0.6 is 0 Å². The SMILES string of the molecule is O=C(C[n+]1ccccc1)c1ccc2c(c1)Cc1ccccc1-2.[Br-]. The second-order valence-corrected chi connectivity index (χ2v) is 5.68. The predicted octanol–water partition coefficient (Wildman–Crippen LogP) is 0.432. The number of benzene rings is 2. The predicted molar refractivity (Wildman–Crippen MR) is 85.7 cm³/mol. The molecule has 0 saturated heterocycles. The third kappa shape index (κ3) is 2.97. The Hall–Kier alpha value is -2.26. The van der Waals surface area contributed by atoms with E-state index in [9.17, 15) is 4.79 Å². The lowest BCUT2D eigenvalue weighted by Crippen LogP contribution is -3.00. The number of hydrogen-bond donors (Lipinski definition) is 0. The molecule has 0 spiro atoms. The number of nitrogens with zero attached hydrogens (tertiary/aromatic N) is 1. The van der Waals surface area contributed by atoms with Crippen LogP contribution in [0.4, 0.5) is 0 Å². The highest BCUT2D eigenvalue weighted by Crippen LogP contribution is 2.36. The highest BCUT2D eigenvalue weighted by atomic mass is 79.9. The lowest BCUT2D eigenvalue weighted by molar-refractivity contribution is -0.683. The molecule has 3 heteroatoms. The van der Waals surface area contributed by atoms with Gasteiger partial charge in [-0.25, -0.2) is 0 Å². The molecule has 1 aliphatic carbocycles. The quantitative estimate of drug-likeness (QED) is 0.381. The molecule has 0 bridgehead atoms. The number of Topliss-reactive ketones (excluding diaryl/α,β-unsaturated/α-hetero) is 1. The molecule has 1 heterocycles. The summed E-state index contributed by atoms with van der Waals surface area (Å²) >= 11 is 0. The number of carbonyl (C=O) groups excluding carboxylic acids is 1. The highest BCUT2D eigenvalue weighted by molar-refractivity contribution is 5.96. The fraction of sp³-hybridized carbons (Fsp3) is 0.100. The van der Waals surface area contributed by atoms with Gasteiger partial charge < -0.3 is 17.0 Å². The zero-order valence-electron chi connectivity index (χ0n) is 12.6. The van der Waals surface area contributed by atoms with Gasteiger partial charge in [-0.1, -0.05) is 42.5 Å². The molecule has 4 rings (SSSR count). The summed E-state index contributed by atoms with van der Waals surface area (Å²) in [6.07, 6.45) is 4.76. The Kier molecular flexibility index (Phi) is 4.39. The van der Waals surface area contributed by atoms with Crippen LogP contribution in [0.5, 0.6) is 0 Å². The Morgan fingerprint density at radius 1 is 0.870 bits per heavy atom. The van der Waals surface area contributed by atoms with Crippen molar-refractivity contribution >= 4 is 5.78 Å². The summed E-state index contributed by atoms with van der Waals surface area (Å²) in [6.45, 7) is 0.382. The molecular formula is C20H16BrNO. The average molecular weight is 366 g/mol. The summed E-state index contributed by atoms with van der Waals surface area (Å²) < 4.78 is 1.91. The van der Waals surface area contributed by atoms with Crippen molar-refractivity contribution in [1.29, 1.82) is 0 Å². The van der Waals surface area contributed by atoms with Gasteiger partial charge >= 0.3 is 0 Å². The number of hydrogen-bond acceptors (Lipinski definition) is 1. The summed E-state index contributed by atoms with van der Waals surface area (Å²) in [5.74, 6) is 0.148. The monoisotopic (exact) mass is 365 g/mol. The van der Waals surface area contributed by atoms with E-state index in [0.29, 0.717) is 6.54 Å². The van der Waals surface area contributed by atoms with E-state index in [1.165, 1.54) is 22.3 Å². The van der Waals surface area contributed by atoms with Crippen molar-refractivity contribution < 1.29 is 26.3 Å². The molecule has 23 heavy (non-hydrogen) atoms. The zero-order valence-corrected chi connectivity index (χ0v) is 14.2. The van der Waals surface area contributed by atoms with Gasteiger partial charge in [-0.05, 0) is 34.7 Å². The molecule has 0 N–H and O–H groups in total. The van der Waals surface area contributed by atoms with E-state index in [0.717, 1.165) is 12.0 Å². The number of carbonyl (C=O) groups is 1. The Morgan fingerprint density at radius 2 is 1.61 bits per heavy atom. The van der Waals surface area contributed by atoms with E-state index >= 15 is 0 Å². The Morgan fingerprint density at radius 3 is 2.43 bits per heavy atom. The van der Waals surface area contributed by atoms with Crippen molar-refractivity contribution in [3.8, 4) is 11.1 Å². The molecule has 0 fully saturated rings. The highest BCUT2D eigenvalue weighted by Gasteiger charge is 2.20. The van der Waals surface area contributed by atoms with Crippen molar-refractivity contribution in [3.05, 3.63) is 89.7 Å². The Bertz CT molecular complexity index is 859. The van der Waals surface area contributed by atoms with Gasteiger partial charge in [0.1, 0.15) is 0 Å². The lowest BCUT2D eigenvalue weighted by Gasteiger charge is -2.03. The fourth-order valence-corrected chi connectivity index (χ4v) is 3.12. The van der Waals surface area contributed by atoms with Gasteiger partial charge in [0.15, 0.2) is 12.4 Å². The molecule has 0 atom stereocenters. The van der Waals surface area contributed by atoms with E-state index in [1.54, 1.807) is 0 Å². The van der Waals surface area contributed by atoms with E-state index in [-0.39, 0.29) is 22.8 Å². The largest absolute Gasteiger partial charge is 1.00 e. The number of rotatable bonds is 3. The fourth-order valence-electron chi connectivity index (χ4n) is 3.12. The van der Waals surface area contributed by atoms with Crippen LogP contribution in [0.1, 0.15) is 21.5 Å². The molecule has 0 aliphatic heterocycles. The molecule has 0 radical (unpaired) electrons. The number of aromatic nitrogens is 1. The third-order valence-corrected chi connectivity index (χ3v) is 4.22. The maximum Gasteiger partial charge on any atom is 0.227 e. The molecule has 2 aromatic carbocycles. The first-order chi connectivity index (χ1) is 10.8. The molecule has 0 saturated carbocycles. The second kappa shape index (κ2) is 6.47. The van der Waals surface area contributed by atoms with Crippen LogP contribution in [0, 0.1) is 0 Å². The molecule has 2 nitrogen and oxygen atoms in total. The van der Waals surface area contributed by atoms with Crippen LogP contribution in [0.2, 0.25) is 0 Å². The Labute approximate surface area is 146 Å². The topological polar surface area (TPSA) is 20.9 Å². The third-order valence-electron chi connectivity index (χ3n) is 4.22. The molecule has 3 aromatic rings. The van der Waals surface area contributed by atoms with Gasteiger partial charge in [0.25, 0.3) is 0 Å². The lowest BCUT2D eigenvalue weighted by atomic mass is 10.0. The summed E-state index contributed by atoms with van der Waals surface area (Å²) in [7, 11) is 0. The van der Waals surface area contributed by atoms with Gasteiger partial charge in [0, 0.05) is 17.7 Å². The first kappa shape index (κ1) is 15.6. The van der Waals surface area contributed by atoms with Crippen molar-refractivity contribution in [2.45, 2.75) is 13.0 Å². The minimum atomic E-state index is 0.